The lowest BCUT2D eigenvalue weighted by molar-refractivity contribution is -0.148. The highest BCUT2D eigenvalue weighted by molar-refractivity contribution is 5.73. The van der Waals surface area contributed by atoms with E-state index in [9.17, 15) is 4.79 Å². The topological polar surface area (TPSA) is 35.5 Å². The number of rotatable bonds is 5. The van der Waals surface area contributed by atoms with Gasteiger partial charge in [-0.1, -0.05) is 24.3 Å². The lowest BCUT2D eigenvalue weighted by Gasteiger charge is -2.27. The van der Waals surface area contributed by atoms with Gasteiger partial charge in [-0.3, -0.25) is 4.79 Å². The van der Waals surface area contributed by atoms with Gasteiger partial charge in [0.15, 0.2) is 0 Å². The maximum atomic E-state index is 11.9. The van der Waals surface area contributed by atoms with Crippen LogP contribution in [-0.4, -0.2) is 19.7 Å². The Morgan fingerprint density at radius 3 is 2.24 bits per heavy atom. The average molecular weight is 340 g/mol. The summed E-state index contributed by atoms with van der Waals surface area (Å²) in [5, 5.41) is 0. The van der Waals surface area contributed by atoms with Crippen molar-refractivity contribution in [3.05, 3.63) is 53.1 Å². The van der Waals surface area contributed by atoms with Gasteiger partial charge in [0.05, 0.1) is 19.6 Å². The molecule has 1 aromatic carbocycles. The Kier molecular flexibility index (Phi) is 5.95. The number of benzene rings is 1. The van der Waals surface area contributed by atoms with Crippen LogP contribution in [0.1, 0.15) is 56.9 Å². The van der Waals surface area contributed by atoms with Crippen LogP contribution in [0.15, 0.2) is 47.6 Å². The second kappa shape index (κ2) is 8.37. The van der Waals surface area contributed by atoms with Gasteiger partial charge in [0.1, 0.15) is 5.75 Å². The van der Waals surface area contributed by atoms with Crippen LogP contribution in [0.4, 0.5) is 0 Å². The Labute approximate surface area is 150 Å². The van der Waals surface area contributed by atoms with Gasteiger partial charge in [0.25, 0.3) is 0 Å². The molecule has 2 unspecified atom stereocenters. The van der Waals surface area contributed by atoms with E-state index >= 15 is 0 Å². The first kappa shape index (κ1) is 17.8. The Hall–Kier alpha value is -2.03. The van der Waals surface area contributed by atoms with Gasteiger partial charge < -0.3 is 9.47 Å². The second-order valence-corrected chi connectivity index (χ2v) is 6.93. The number of methoxy groups -OCH3 is 1. The lowest BCUT2D eigenvalue weighted by Crippen LogP contribution is -2.20. The van der Waals surface area contributed by atoms with Crippen LogP contribution in [0.3, 0.4) is 0 Å². The SMILES string of the molecule is CCOC(=O)C1CC=C(C2=CCC(c3ccc(OC)cc3)CC2)CC1. The van der Waals surface area contributed by atoms with E-state index in [4.69, 9.17) is 9.47 Å². The fourth-order valence-electron chi connectivity index (χ4n) is 3.90. The summed E-state index contributed by atoms with van der Waals surface area (Å²) in [5.41, 5.74) is 4.34. The molecule has 0 spiro atoms. The largest absolute Gasteiger partial charge is 0.497 e. The first-order valence-corrected chi connectivity index (χ1v) is 9.40. The Morgan fingerprint density at radius 1 is 1.04 bits per heavy atom. The van der Waals surface area contributed by atoms with Gasteiger partial charge in [0, 0.05) is 0 Å². The van der Waals surface area contributed by atoms with Gasteiger partial charge in [-0.2, -0.15) is 0 Å². The number of carbonyl (C=O) groups is 1. The molecular formula is C22H28O3. The van der Waals surface area contributed by atoms with Crippen LogP contribution in [0.25, 0.3) is 0 Å². The molecule has 134 valence electrons. The molecule has 2 atom stereocenters. The summed E-state index contributed by atoms with van der Waals surface area (Å²) in [7, 11) is 1.70. The highest BCUT2D eigenvalue weighted by Crippen LogP contribution is 2.38. The fourth-order valence-corrected chi connectivity index (χ4v) is 3.90. The second-order valence-electron chi connectivity index (χ2n) is 6.93. The molecule has 3 heteroatoms. The zero-order chi connectivity index (χ0) is 17.6. The molecule has 1 aromatic rings. The molecule has 0 saturated heterocycles. The predicted octanol–water partition coefficient (Wildman–Crippen LogP) is 5.18. The molecule has 0 fully saturated rings. The molecule has 0 heterocycles. The third kappa shape index (κ3) is 4.33. The average Bonchev–Trinajstić information content (AvgIpc) is 2.68. The van der Waals surface area contributed by atoms with E-state index in [0.29, 0.717) is 12.5 Å². The quantitative estimate of drug-likeness (QED) is 0.693. The number of carbonyl (C=O) groups excluding carboxylic acids is 1. The Bertz CT molecular complexity index is 654. The first-order chi connectivity index (χ1) is 12.2. The van der Waals surface area contributed by atoms with Crippen molar-refractivity contribution < 1.29 is 14.3 Å². The van der Waals surface area contributed by atoms with Crippen molar-refractivity contribution in [2.75, 3.05) is 13.7 Å². The summed E-state index contributed by atoms with van der Waals surface area (Å²) in [6.07, 6.45) is 10.9. The summed E-state index contributed by atoms with van der Waals surface area (Å²) in [4.78, 5) is 11.9. The van der Waals surface area contributed by atoms with Crippen molar-refractivity contribution >= 4 is 5.97 Å². The van der Waals surface area contributed by atoms with E-state index in [2.05, 4.69) is 24.3 Å². The van der Waals surface area contributed by atoms with E-state index in [1.54, 1.807) is 7.11 Å². The maximum absolute atomic E-state index is 11.9. The van der Waals surface area contributed by atoms with Gasteiger partial charge >= 0.3 is 5.97 Å². The molecule has 0 bridgehead atoms. The lowest BCUT2D eigenvalue weighted by atomic mass is 9.79. The van der Waals surface area contributed by atoms with Gasteiger partial charge in [0.2, 0.25) is 0 Å². The van der Waals surface area contributed by atoms with Crippen molar-refractivity contribution in [1.82, 2.24) is 0 Å². The minimum absolute atomic E-state index is 0.0324. The summed E-state index contributed by atoms with van der Waals surface area (Å²) < 4.78 is 10.4. The van der Waals surface area contributed by atoms with Crippen molar-refractivity contribution in [2.45, 2.75) is 51.4 Å². The minimum atomic E-state index is -0.0324. The number of allylic oxidation sites excluding steroid dienone is 4. The third-order valence-corrected chi connectivity index (χ3v) is 5.44. The van der Waals surface area contributed by atoms with Crippen LogP contribution in [0, 0.1) is 5.92 Å². The Morgan fingerprint density at radius 2 is 1.72 bits per heavy atom. The molecule has 0 saturated carbocycles. The van der Waals surface area contributed by atoms with Gasteiger partial charge in [-0.05, 0) is 80.2 Å². The summed E-state index contributed by atoms with van der Waals surface area (Å²) in [6, 6.07) is 8.47. The summed E-state index contributed by atoms with van der Waals surface area (Å²) in [6.45, 7) is 2.35. The van der Waals surface area contributed by atoms with Crippen LogP contribution < -0.4 is 4.74 Å². The highest BCUT2D eigenvalue weighted by Gasteiger charge is 2.25. The zero-order valence-electron chi connectivity index (χ0n) is 15.3. The number of hydrogen-bond acceptors (Lipinski definition) is 3. The monoisotopic (exact) mass is 340 g/mol. The molecule has 0 radical (unpaired) electrons. The fraction of sp³-hybridized carbons (Fsp3) is 0.500. The predicted molar refractivity (Wildman–Crippen MR) is 99.7 cm³/mol. The van der Waals surface area contributed by atoms with Crippen LogP contribution in [-0.2, 0) is 9.53 Å². The van der Waals surface area contributed by atoms with Crippen LogP contribution >= 0.6 is 0 Å². The molecular weight excluding hydrogens is 312 g/mol. The highest BCUT2D eigenvalue weighted by atomic mass is 16.5. The van der Waals surface area contributed by atoms with Crippen molar-refractivity contribution in [2.24, 2.45) is 5.92 Å². The normalized spacial score (nSPS) is 23.4. The zero-order valence-corrected chi connectivity index (χ0v) is 15.3. The van der Waals surface area contributed by atoms with Crippen molar-refractivity contribution in [3.63, 3.8) is 0 Å². The van der Waals surface area contributed by atoms with Gasteiger partial charge in [-0.25, -0.2) is 0 Å². The van der Waals surface area contributed by atoms with Crippen molar-refractivity contribution in [1.29, 1.82) is 0 Å². The molecule has 0 aromatic heterocycles. The molecule has 3 rings (SSSR count). The molecule has 3 nitrogen and oxygen atoms in total. The van der Waals surface area contributed by atoms with E-state index in [0.717, 1.165) is 37.9 Å². The third-order valence-electron chi connectivity index (χ3n) is 5.44. The van der Waals surface area contributed by atoms with Crippen LogP contribution in [0.2, 0.25) is 0 Å². The van der Waals surface area contributed by atoms with Gasteiger partial charge in [-0.15, -0.1) is 0 Å². The molecule has 0 amide bonds. The smallest absolute Gasteiger partial charge is 0.309 e. The molecule has 0 N–H and O–H groups in total. The maximum Gasteiger partial charge on any atom is 0.309 e. The Balaban J connectivity index is 1.58. The standard InChI is InChI=1S/C22H28O3/c1-3-25-22(23)20-10-8-18(9-11-20)16-4-6-17(7-5-16)19-12-14-21(24-2)15-13-19/h4,8,12-15,17,20H,3,5-7,9-11H2,1-2H3. The summed E-state index contributed by atoms with van der Waals surface area (Å²) >= 11 is 0. The molecule has 2 aliphatic rings. The minimum Gasteiger partial charge on any atom is -0.497 e. The number of ether oxygens (including phenoxy) is 2. The number of hydrogen-bond donors (Lipinski definition) is 0. The molecule has 0 aliphatic heterocycles. The number of esters is 1. The molecule has 2 aliphatic carbocycles. The van der Waals surface area contributed by atoms with E-state index in [1.807, 2.05) is 19.1 Å². The first-order valence-electron chi connectivity index (χ1n) is 9.40. The van der Waals surface area contributed by atoms with E-state index < -0.39 is 0 Å². The van der Waals surface area contributed by atoms with Crippen LogP contribution in [0.5, 0.6) is 5.75 Å². The summed E-state index contributed by atoms with van der Waals surface area (Å²) in [5.74, 6) is 1.54. The molecule has 25 heavy (non-hydrogen) atoms. The van der Waals surface area contributed by atoms with E-state index in [1.165, 1.54) is 23.1 Å². The van der Waals surface area contributed by atoms with E-state index in [-0.39, 0.29) is 11.9 Å². The van der Waals surface area contributed by atoms with Crippen molar-refractivity contribution in [3.8, 4) is 5.75 Å².